The van der Waals surface area contributed by atoms with Gasteiger partial charge < -0.3 is 19.8 Å². The van der Waals surface area contributed by atoms with Gasteiger partial charge in [-0.1, -0.05) is 35.9 Å². The third-order valence-electron chi connectivity index (χ3n) is 5.04. The molecule has 0 fully saturated rings. The number of aromatic nitrogens is 1. The molecule has 0 spiro atoms. The lowest BCUT2D eigenvalue weighted by Crippen LogP contribution is -2.34. The first-order valence-corrected chi connectivity index (χ1v) is 9.53. The number of aryl methyl sites for hydroxylation is 1. The normalized spacial score (nSPS) is 15.8. The molecule has 0 saturated heterocycles. The first-order valence-electron chi connectivity index (χ1n) is 9.15. The standard InChI is InChI=1S/C22H19ClN2O4/c1-3-28-22(27)18-16(12-8-10-13(23)11-9-12)17-19(29-20(18)24)14-6-4-5-7-15(14)25(2)21(17)26/h4-11,16H,3,24H2,1-2H3. The second-order valence-corrected chi connectivity index (χ2v) is 7.15. The zero-order valence-corrected chi connectivity index (χ0v) is 16.7. The Morgan fingerprint density at radius 2 is 1.90 bits per heavy atom. The molecule has 1 unspecified atom stereocenters. The van der Waals surface area contributed by atoms with Crippen LogP contribution in [0.25, 0.3) is 10.9 Å². The van der Waals surface area contributed by atoms with Crippen LogP contribution in [-0.2, 0) is 16.6 Å². The largest absolute Gasteiger partial charge is 0.462 e. The fourth-order valence-electron chi connectivity index (χ4n) is 3.72. The van der Waals surface area contributed by atoms with Gasteiger partial charge in [0.15, 0.2) is 0 Å². The van der Waals surface area contributed by atoms with Crippen molar-refractivity contribution in [3.8, 4) is 5.75 Å². The molecule has 1 atom stereocenters. The van der Waals surface area contributed by atoms with Gasteiger partial charge in [0.25, 0.3) is 5.56 Å². The van der Waals surface area contributed by atoms with Gasteiger partial charge in [0.05, 0.1) is 23.6 Å². The van der Waals surface area contributed by atoms with Gasteiger partial charge in [-0.3, -0.25) is 4.79 Å². The van der Waals surface area contributed by atoms with Crippen molar-refractivity contribution >= 4 is 28.5 Å². The quantitative estimate of drug-likeness (QED) is 0.668. The maximum absolute atomic E-state index is 13.4. The van der Waals surface area contributed by atoms with E-state index < -0.39 is 11.9 Å². The van der Waals surface area contributed by atoms with Crippen LogP contribution in [0.3, 0.4) is 0 Å². The van der Waals surface area contributed by atoms with Gasteiger partial charge in [0.1, 0.15) is 11.3 Å². The lowest BCUT2D eigenvalue weighted by molar-refractivity contribution is -0.139. The van der Waals surface area contributed by atoms with Crippen LogP contribution in [0.5, 0.6) is 5.75 Å². The molecule has 29 heavy (non-hydrogen) atoms. The molecule has 7 heteroatoms. The summed E-state index contributed by atoms with van der Waals surface area (Å²) in [5.74, 6) is -1.08. The Morgan fingerprint density at radius 1 is 1.21 bits per heavy atom. The van der Waals surface area contributed by atoms with E-state index in [1.807, 2.05) is 24.3 Å². The molecule has 4 rings (SSSR count). The van der Waals surface area contributed by atoms with Crippen LogP contribution in [0.1, 0.15) is 24.0 Å². The number of fused-ring (bicyclic) bond motifs is 3. The number of hydrogen-bond donors (Lipinski definition) is 1. The van der Waals surface area contributed by atoms with Crippen LogP contribution in [0, 0.1) is 0 Å². The summed E-state index contributed by atoms with van der Waals surface area (Å²) in [6, 6.07) is 14.3. The van der Waals surface area contributed by atoms with Crippen molar-refractivity contribution in [1.82, 2.24) is 4.57 Å². The van der Waals surface area contributed by atoms with Gasteiger partial charge in [-0.05, 0) is 36.8 Å². The molecule has 1 aliphatic rings. The molecule has 2 N–H and O–H groups in total. The summed E-state index contributed by atoms with van der Waals surface area (Å²) < 4.78 is 12.6. The number of nitrogens with zero attached hydrogens (tertiary/aromatic N) is 1. The number of esters is 1. The first-order chi connectivity index (χ1) is 13.9. The number of pyridine rings is 1. The highest BCUT2D eigenvalue weighted by molar-refractivity contribution is 6.30. The monoisotopic (exact) mass is 410 g/mol. The molecule has 0 bridgehead atoms. The van der Waals surface area contributed by atoms with Crippen molar-refractivity contribution < 1.29 is 14.3 Å². The second kappa shape index (κ2) is 7.29. The molecule has 0 radical (unpaired) electrons. The predicted molar refractivity (Wildman–Crippen MR) is 111 cm³/mol. The van der Waals surface area contributed by atoms with Gasteiger partial charge in [0.2, 0.25) is 5.88 Å². The van der Waals surface area contributed by atoms with Crippen LogP contribution >= 0.6 is 11.6 Å². The number of halogens is 1. The van der Waals surface area contributed by atoms with Gasteiger partial charge in [-0.25, -0.2) is 4.79 Å². The van der Waals surface area contributed by atoms with Crippen LogP contribution in [0.15, 0.2) is 64.8 Å². The topological polar surface area (TPSA) is 83.6 Å². The number of rotatable bonds is 3. The molecular weight excluding hydrogens is 392 g/mol. The molecular formula is C22H19ClN2O4. The summed E-state index contributed by atoms with van der Waals surface area (Å²) in [5.41, 5.74) is 7.76. The molecule has 0 aliphatic carbocycles. The fourth-order valence-corrected chi connectivity index (χ4v) is 3.85. The Balaban J connectivity index is 2.08. The Bertz CT molecular complexity index is 1210. The predicted octanol–water partition coefficient (Wildman–Crippen LogP) is 3.45. The highest BCUT2D eigenvalue weighted by Gasteiger charge is 2.38. The average Bonchev–Trinajstić information content (AvgIpc) is 2.72. The van der Waals surface area contributed by atoms with E-state index in [4.69, 9.17) is 26.8 Å². The Kier molecular flexibility index (Phi) is 4.80. The summed E-state index contributed by atoms with van der Waals surface area (Å²) >= 11 is 6.04. The van der Waals surface area contributed by atoms with Crippen molar-refractivity contribution in [1.29, 1.82) is 0 Å². The number of hydrogen-bond acceptors (Lipinski definition) is 5. The van der Waals surface area contributed by atoms with Crippen LogP contribution in [0.2, 0.25) is 5.02 Å². The van der Waals surface area contributed by atoms with Crippen molar-refractivity contribution in [3.63, 3.8) is 0 Å². The number of benzene rings is 2. The number of carbonyl (C=O) groups excluding carboxylic acids is 1. The Labute approximate surface area is 172 Å². The second-order valence-electron chi connectivity index (χ2n) is 6.71. The van der Waals surface area contributed by atoms with E-state index in [0.717, 1.165) is 5.39 Å². The number of ether oxygens (including phenoxy) is 2. The molecule has 3 aromatic rings. The highest BCUT2D eigenvalue weighted by atomic mass is 35.5. The van der Waals surface area contributed by atoms with E-state index in [9.17, 15) is 9.59 Å². The Hall–Kier alpha value is -3.25. The van der Waals surface area contributed by atoms with E-state index in [1.165, 1.54) is 0 Å². The maximum Gasteiger partial charge on any atom is 0.340 e. The van der Waals surface area contributed by atoms with E-state index in [-0.39, 0.29) is 23.6 Å². The third kappa shape index (κ3) is 3.06. The van der Waals surface area contributed by atoms with Crippen LogP contribution in [0.4, 0.5) is 0 Å². The van der Waals surface area contributed by atoms with E-state index in [0.29, 0.717) is 27.4 Å². The van der Waals surface area contributed by atoms with Crippen LogP contribution < -0.4 is 16.0 Å². The van der Waals surface area contributed by atoms with Crippen molar-refractivity contribution in [2.45, 2.75) is 12.8 Å². The third-order valence-corrected chi connectivity index (χ3v) is 5.30. The summed E-state index contributed by atoms with van der Waals surface area (Å²) in [4.78, 5) is 26.1. The molecule has 6 nitrogen and oxygen atoms in total. The number of carbonyl (C=O) groups is 1. The zero-order chi connectivity index (χ0) is 20.7. The summed E-state index contributed by atoms with van der Waals surface area (Å²) in [6.07, 6.45) is 0. The molecule has 148 valence electrons. The van der Waals surface area contributed by atoms with Crippen LogP contribution in [-0.4, -0.2) is 17.1 Å². The molecule has 2 heterocycles. The fraction of sp³-hybridized carbons (Fsp3) is 0.182. The smallest absolute Gasteiger partial charge is 0.340 e. The van der Waals surface area contributed by atoms with Gasteiger partial charge in [-0.2, -0.15) is 0 Å². The molecule has 0 saturated carbocycles. The number of para-hydroxylation sites is 1. The lowest BCUT2D eigenvalue weighted by atomic mass is 9.83. The van der Waals surface area contributed by atoms with E-state index in [1.54, 1.807) is 42.8 Å². The number of nitrogens with two attached hydrogens (primary N) is 1. The minimum Gasteiger partial charge on any atom is -0.462 e. The van der Waals surface area contributed by atoms with E-state index in [2.05, 4.69) is 0 Å². The van der Waals surface area contributed by atoms with Gasteiger partial charge >= 0.3 is 5.97 Å². The summed E-state index contributed by atoms with van der Waals surface area (Å²) in [7, 11) is 1.69. The minimum atomic E-state index is -0.738. The molecule has 1 aliphatic heterocycles. The maximum atomic E-state index is 13.4. The average molecular weight is 411 g/mol. The van der Waals surface area contributed by atoms with Crippen molar-refractivity contribution in [3.05, 3.63) is 86.5 Å². The first kappa shape index (κ1) is 19.1. The highest BCUT2D eigenvalue weighted by Crippen LogP contribution is 2.44. The molecule has 0 amide bonds. The summed E-state index contributed by atoms with van der Waals surface area (Å²) in [6.45, 7) is 1.88. The van der Waals surface area contributed by atoms with Crippen molar-refractivity contribution in [2.24, 2.45) is 12.8 Å². The van der Waals surface area contributed by atoms with E-state index >= 15 is 0 Å². The molecule has 1 aromatic heterocycles. The van der Waals surface area contributed by atoms with Gasteiger partial charge in [-0.15, -0.1) is 0 Å². The minimum absolute atomic E-state index is 0.0747. The Morgan fingerprint density at radius 3 is 2.59 bits per heavy atom. The lowest BCUT2D eigenvalue weighted by Gasteiger charge is -2.29. The van der Waals surface area contributed by atoms with Gasteiger partial charge in [0, 0.05) is 17.5 Å². The SMILES string of the molecule is CCOC(=O)C1=C(N)Oc2c(c(=O)n(C)c3ccccc23)C1c1ccc(Cl)cc1. The van der Waals surface area contributed by atoms with Crippen molar-refractivity contribution in [2.75, 3.05) is 6.61 Å². The molecule has 2 aromatic carbocycles. The summed E-state index contributed by atoms with van der Waals surface area (Å²) in [5, 5.41) is 1.27. The zero-order valence-electron chi connectivity index (χ0n) is 15.9.